The second-order valence-corrected chi connectivity index (χ2v) is 4.22. The topological polar surface area (TPSA) is 83.0 Å². The van der Waals surface area contributed by atoms with Crippen molar-refractivity contribution in [3.63, 3.8) is 0 Å². The molecule has 2 atom stereocenters. The van der Waals surface area contributed by atoms with Gasteiger partial charge < -0.3 is 30.3 Å². The fourth-order valence-corrected chi connectivity index (χ4v) is 1.41. The Morgan fingerprint density at radius 2 is 0.767 bits per heavy atom. The molecule has 0 radical (unpaired) electrons. The lowest BCUT2D eigenvalue weighted by atomic mass is 10.4. The van der Waals surface area contributed by atoms with Gasteiger partial charge in [0, 0.05) is 26.2 Å². The minimum atomic E-state index is 0. The molecular weight excluding hydrogens is 380 g/mol. The highest BCUT2D eigenvalue weighted by atomic mass is 16.5. The largest absolute Gasteiger partial charge is 0.394 e. The molecule has 30 heavy (non-hydrogen) atoms. The van der Waals surface area contributed by atoms with Gasteiger partial charge in [0.1, 0.15) is 0 Å². The van der Waals surface area contributed by atoms with Gasteiger partial charge in [-0.2, -0.15) is 0 Å². The average molecular weight is 457 g/mol. The third-order valence-corrected chi connectivity index (χ3v) is 2.33. The molecule has 0 aliphatic rings. The molecule has 0 aliphatic carbocycles. The number of aliphatic hydroxyl groups is 2. The zero-order valence-corrected chi connectivity index (χ0v) is 11.5. The van der Waals surface area contributed by atoms with Crippen LogP contribution in [0.2, 0.25) is 0 Å². The maximum Gasteiger partial charge on any atom is 0.0701 e. The molecule has 206 valence electrons. The van der Waals surface area contributed by atoms with Gasteiger partial charge in [0.25, 0.3) is 0 Å². The van der Waals surface area contributed by atoms with E-state index in [0.29, 0.717) is 13.2 Å². The Hall–Kier alpha value is -0.240. The highest BCUT2D eigenvalue weighted by Crippen LogP contribution is 1.88. The molecule has 0 spiro atoms. The molecule has 2 unspecified atom stereocenters. The lowest BCUT2D eigenvalue weighted by molar-refractivity contribution is 0.0378. The molecule has 0 fully saturated rings. The van der Waals surface area contributed by atoms with Crippen LogP contribution >= 0.6 is 0 Å². The van der Waals surface area contributed by atoms with Crippen molar-refractivity contribution in [3.05, 3.63) is 0 Å². The zero-order valence-electron chi connectivity index (χ0n) is 11.5. The van der Waals surface area contributed by atoms with Crippen LogP contribution in [0.15, 0.2) is 0 Å². The summed E-state index contributed by atoms with van der Waals surface area (Å²) in [6.07, 6.45) is 0.230. The van der Waals surface area contributed by atoms with Crippen LogP contribution in [0.3, 0.4) is 0 Å². The summed E-state index contributed by atoms with van der Waals surface area (Å²) >= 11 is 0. The lowest BCUT2D eigenvalue weighted by Gasteiger charge is -2.15. The SMILES string of the molecule is C.C.C.C.C.C.C.C.C.C.C.C.CC(CNCCNCC(C)OCCO)OCCO. The minimum absolute atomic E-state index is 0. The van der Waals surface area contributed by atoms with Gasteiger partial charge in [-0.1, -0.05) is 89.1 Å². The summed E-state index contributed by atoms with van der Waals surface area (Å²) < 4.78 is 10.6. The van der Waals surface area contributed by atoms with E-state index in [-0.39, 0.29) is 115 Å². The van der Waals surface area contributed by atoms with Crippen LogP contribution in [0.25, 0.3) is 0 Å². The molecule has 0 amide bonds. The first kappa shape index (κ1) is 87.6. The summed E-state index contributed by atoms with van der Waals surface area (Å²) in [4.78, 5) is 0. The predicted octanol–water partition coefficient (Wildman–Crippen LogP) is 6.59. The number of rotatable bonds is 13. The standard InChI is InChI=1S/C12H28N2O4.12CH4/c1-11(17-7-5-15)9-13-3-4-14-10-12(2)18-8-6-16;;;;;;;;;;;;/h11-16H,3-10H2,1-2H3;12*1H4. The normalized spacial score (nSPS) is 8.80. The van der Waals surface area contributed by atoms with Gasteiger partial charge in [0.2, 0.25) is 0 Å². The quantitative estimate of drug-likeness (QED) is 0.234. The van der Waals surface area contributed by atoms with Crippen molar-refractivity contribution in [2.75, 3.05) is 52.6 Å². The minimum Gasteiger partial charge on any atom is -0.394 e. The summed E-state index contributed by atoms with van der Waals surface area (Å²) in [5, 5.41) is 23.7. The molecular formula is C24H76N2O4. The molecule has 6 nitrogen and oxygen atoms in total. The van der Waals surface area contributed by atoms with Crippen LogP contribution in [-0.4, -0.2) is 75.0 Å². The molecule has 0 aliphatic heterocycles. The third kappa shape index (κ3) is 70.8. The molecule has 6 heteroatoms. The van der Waals surface area contributed by atoms with Crippen molar-refractivity contribution < 1.29 is 19.7 Å². The Bertz CT molecular complexity index is 159. The van der Waals surface area contributed by atoms with Gasteiger partial charge >= 0.3 is 0 Å². The molecule has 0 rings (SSSR count). The zero-order chi connectivity index (χ0) is 13.6. The van der Waals surface area contributed by atoms with Crippen molar-refractivity contribution in [1.82, 2.24) is 10.6 Å². The fraction of sp³-hybridized carbons (Fsp3) is 1.00. The molecule has 4 N–H and O–H groups in total. The molecule has 0 bridgehead atoms. The molecule has 0 saturated heterocycles. The van der Waals surface area contributed by atoms with Crippen LogP contribution < -0.4 is 10.6 Å². The van der Waals surface area contributed by atoms with Crippen LogP contribution in [0.5, 0.6) is 0 Å². The van der Waals surface area contributed by atoms with Crippen molar-refractivity contribution >= 4 is 0 Å². The van der Waals surface area contributed by atoms with E-state index in [1.165, 1.54) is 0 Å². The summed E-state index contributed by atoms with van der Waals surface area (Å²) in [6, 6.07) is 0. The molecule has 0 aromatic carbocycles. The highest BCUT2D eigenvalue weighted by molar-refractivity contribution is 4.59. The van der Waals surface area contributed by atoms with E-state index >= 15 is 0 Å². The van der Waals surface area contributed by atoms with Gasteiger partial charge in [-0.15, -0.1) is 0 Å². The Kier molecular flexibility index (Phi) is 205. The number of hydrogen-bond acceptors (Lipinski definition) is 6. The van der Waals surface area contributed by atoms with Gasteiger partial charge in [-0.05, 0) is 13.8 Å². The molecule has 0 aromatic heterocycles. The number of aliphatic hydroxyl groups excluding tert-OH is 2. The Morgan fingerprint density at radius 3 is 0.967 bits per heavy atom. The van der Waals surface area contributed by atoms with Crippen LogP contribution in [0.4, 0.5) is 0 Å². The molecule has 0 saturated carbocycles. The second kappa shape index (κ2) is 70.3. The maximum absolute atomic E-state index is 8.59. The van der Waals surface area contributed by atoms with E-state index in [2.05, 4.69) is 10.6 Å². The fourth-order valence-electron chi connectivity index (χ4n) is 1.41. The second-order valence-electron chi connectivity index (χ2n) is 4.22. The van der Waals surface area contributed by atoms with Crippen molar-refractivity contribution in [2.24, 2.45) is 0 Å². The first-order chi connectivity index (χ1) is 8.70. The van der Waals surface area contributed by atoms with Crippen LogP contribution in [0.1, 0.15) is 103 Å². The number of hydrogen-bond donors (Lipinski definition) is 4. The van der Waals surface area contributed by atoms with Gasteiger partial charge in [-0.25, -0.2) is 0 Å². The monoisotopic (exact) mass is 457 g/mol. The third-order valence-electron chi connectivity index (χ3n) is 2.33. The van der Waals surface area contributed by atoms with Crippen molar-refractivity contribution in [2.45, 2.75) is 115 Å². The van der Waals surface area contributed by atoms with E-state index in [9.17, 15) is 0 Å². The van der Waals surface area contributed by atoms with E-state index in [0.717, 1.165) is 26.2 Å². The highest BCUT2D eigenvalue weighted by Gasteiger charge is 2.02. The number of ether oxygens (including phenoxy) is 2. The summed E-state index contributed by atoms with van der Waals surface area (Å²) in [6.45, 7) is 8.13. The summed E-state index contributed by atoms with van der Waals surface area (Å²) in [7, 11) is 0. The van der Waals surface area contributed by atoms with Crippen molar-refractivity contribution in [1.29, 1.82) is 0 Å². The van der Waals surface area contributed by atoms with Gasteiger partial charge in [-0.3, -0.25) is 0 Å². The van der Waals surface area contributed by atoms with E-state index in [1.807, 2.05) is 13.8 Å². The molecule has 0 aromatic rings. The van der Waals surface area contributed by atoms with Crippen LogP contribution in [-0.2, 0) is 9.47 Å². The number of nitrogens with one attached hydrogen (secondary N) is 2. The van der Waals surface area contributed by atoms with Crippen LogP contribution in [0, 0.1) is 0 Å². The Balaban J connectivity index is -0.0000000219. The summed E-state index contributed by atoms with van der Waals surface area (Å²) in [5.41, 5.74) is 0. The van der Waals surface area contributed by atoms with Gasteiger partial charge in [0.05, 0.1) is 38.6 Å². The lowest BCUT2D eigenvalue weighted by Crippen LogP contribution is -2.36. The maximum atomic E-state index is 8.59. The summed E-state index contributed by atoms with van der Waals surface area (Å²) in [5.74, 6) is 0. The first-order valence-corrected chi connectivity index (χ1v) is 6.57. The first-order valence-electron chi connectivity index (χ1n) is 6.57. The average Bonchev–Trinajstić information content (AvgIpc) is 2.37. The predicted molar refractivity (Wildman–Crippen MR) is 152 cm³/mol. The Labute approximate surface area is 198 Å². The Morgan fingerprint density at radius 1 is 0.533 bits per heavy atom. The van der Waals surface area contributed by atoms with E-state index in [1.54, 1.807) is 0 Å². The van der Waals surface area contributed by atoms with E-state index < -0.39 is 0 Å². The van der Waals surface area contributed by atoms with Crippen molar-refractivity contribution in [3.8, 4) is 0 Å². The van der Waals surface area contributed by atoms with Gasteiger partial charge in [0.15, 0.2) is 0 Å². The molecule has 0 heterocycles. The van der Waals surface area contributed by atoms with E-state index in [4.69, 9.17) is 19.7 Å². The smallest absolute Gasteiger partial charge is 0.0701 e.